The van der Waals surface area contributed by atoms with Crippen LogP contribution >= 0.6 is 0 Å². The molecule has 0 spiro atoms. The Balaban J connectivity index is 2.04. The summed E-state index contributed by atoms with van der Waals surface area (Å²) in [6.45, 7) is 0.869. The van der Waals surface area contributed by atoms with Gasteiger partial charge in [-0.2, -0.15) is 0 Å². The van der Waals surface area contributed by atoms with Crippen LogP contribution in [0, 0.1) is 5.82 Å². The number of primary amides is 1. The molecule has 102 valence electrons. The maximum absolute atomic E-state index is 13.6. The van der Waals surface area contributed by atoms with Crippen LogP contribution in [-0.2, 0) is 11.3 Å². The predicted octanol–water partition coefficient (Wildman–Crippen LogP) is 0.293. The van der Waals surface area contributed by atoms with E-state index < -0.39 is 11.7 Å². The highest BCUT2D eigenvalue weighted by atomic mass is 19.1. The number of nitrogens with one attached hydrogen (secondary N) is 2. The number of carbonyl (C=O) groups excluding carboxylic acids is 2. The van der Waals surface area contributed by atoms with Crippen molar-refractivity contribution in [1.82, 2.24) is 10.6 Å². The van der Waals surface area contributed by atoms with Crippen molar-refractivity contribution in [2.75, 3.05) is 6.54 Å². The van der Waals surface area contributed by atoms with Crippen molar-refractivity contribution in [1.29, 1.82) is 0 Å². The number of rotatable bonds is 4. The summed E-state index contributed by atoms with van der Waals surface area (Å²) < 4.78 is 13.6. The number of hydrogen-bond donors (Lipinski definition) is 3. The molecular formula is C13H16FN3O2. The highest BCUT2D eigenvalue weighted by Crippen LogP contribution is 2.11. The third-order valence-corrected chi connectivity index (χ3v) is 3.15. The third kappa shape index (κ3) is 3.29. The molecule has 2 amide bonds. The topological polar surface area (TPSA) is 84.2 Å². The van der Waals surface area contributed by atoms with Gasteiger partial charge in [0.25, 0.3) is 0 Å². The largest absolute Gasteiger partial charge is 0.366 e. The molecule has 4 N–H and O–H groups in total. The van der Waals surface area contributed by atoms with E-state index in [2.05, 4.69) is 10.6 Å². The van der Waals surface area contributed by atoms with Gasteiger partial charge in [-0.15, -0.1) is 0 Å². The van der Waals surface area contributed by atoms with Crippen LogP contribution in [0.15, 0.2) is 18.2 Å². The van der Waals surface area contributed by atoms with Gasteiger partial charge in [0.2, 0.25) is 11.8 Å². The zero-order valence-electron chi connectivity index (χ0n) is 10.4. The summed E-state index contributed by atoms with van der Waals surface area (Å²) >= 11 is 0. The first-order valence-electron chi connectivity index (χ1n) is 6.17. The molecular weight excluding hydrogens is 249 g/mol. The molecule has 5 nitrogen and oxygen atoms in total. The van der Waals surface area contributed by atoms with Crippen molar-refractivity contribution in [2.45, 2.75) is 25.4 Å². The molecule has 0 bridgehead atoms. The number of hydrogen-bond acceptors (Lipinski definition) is 3. The van der Waals surface area contributed by atoms with E-state index in [0.717, 1.165) is 12.8 Å². The highest BCUT2D eigenvalue weighted by molar-refractivity contribution is 5.92. The quantitative estimate of drug-likeness (QED) is 0.731. The minimum Gasteiger partial charge on any atom is -0.366 e. The molecule has 0 saturated carbocycles. The predicted molar refractivity (Wildman–Crippen MR) is 67.8 cm³/mol. The van der Waals surface area contributed by atoms with Crippen molar-refractivity contribution in [2.24, 2.45) is 5.73 Å². The summed E-state index contributed by atoms with van der Waals surface area (Å²) in [6, 6.07) is 3.64. The van der Waals surface area contributed by atoms with Crippen LogP contribution in [0.4, 0.5) is 4.39 Å². The molecule has 19 heavy (non-hydrogen) atoms. The monoisotopic (exact) mass is 265 g/mol. The number of nitrogens with two attached hydrogens (primary N) is 1. The fraction of sp³-hybridized carbons (Fsp3) is 0.385. The van der Waals surface area contributed by atoms with Crippen LogP contribution in [0.1, 0.15) is 28.8 Å². The van der Waals surface area contributed by atoms with Crippen molar-refractivity contribution in [3.05, 3.63) is 35.1 Å². The molecule has 1 fully saturated rings. The average molecular weight is 265 g/mol. The molecule has 0 aliphatic carbocycles. The second-order valence-corrected chi connectivity index (χ2v) is 4.54. The maximum Gasteiger partial charge on any atom is 0.248 e. The standard InChI is InChI=1S/C13H16FN3O2/c14-10-4-3-8(12(15)18)6-9(10)7-17-11-2-1-5-16-13(11)19/h3-4,6,11,17H,1-2,5,7H2,(H2,15,18)(H,16,19). The summed E-state index contributed by atoms with van der Waals surface area (Å²) in [7, 11) is 0. The Morgan fingerprint density at radius 2 is 2.32 bits per heavy atom. The van der Waals surface area contributed by atoms with E-state index in [1.807, 2.05) is 0 Å². The number of halogens is 1. The van der Waals surface area contributed by atoms with E-state index >= 15 is 0 Å². The van der Waals surface area contributed by atoms with Crippen LogP contribution in [-0.4, -0.2) is 24.4 Å². The lowest BCUT2D eigenvalue weighted by Gasteiger charge is -2.23. The number of amides is 2. The minimum absolute atomic E-state index is 0.0716. The number of carbonyl (C=O) groups is 2. The first-order chi connectivity index (χ1) is 9.08. The van der Waals surface area contributed by atoms with Gasteiger partial charge >= 0.3 is 0 Å². The van der Waals surface area contributed by atoms with Crippen molar-refractivity contribution >= 4 is 11.8 Å². The second kappa shape index (κ2) is 5.79. The lowest BCUT2D eigenvalue weighted by atomic mass is 10.1. The van der Waals surface area contributed by atoms with Crippen molar-refractivity contribution in [3.63, 3.8) is 0 Å². The molecule has 1 aromatic carbocycles. The van der Waals surface area contributed by atoms with Gasteiger partial charge in [0.05, 0.1) is 6.04 Å². The summed E-state index contributed by atoms with van der Waals surface area (Å²) in [5.74, 6) is -1.09. The summed E-state index contributed by atoms with van der Waals surface area (Å²) in [5.41, 5.74) is 5.73. The molecule has 0 radical (unpaired) electrons. The van der Waals surface area contributed by atoms with Gasteiger partial charge in [-0.3, -0.25) is 9.59 Å². The van der Waals surface area contributed by atoms with Gasteiger partial charge in [-0.25, -0.2) is 4.39 Å². The molecule has 1 aliphatic heterocycles. The van der Waals surface area contributed by atoms with Gasteiger partial charge < -0.3 is 16.4 Å². The fourth-order valence-corrected chi connectivity index (χ4v) is 2.06. The summed E-state index contributed by atoms with van der Waals surface area (Å²) in [4.78, 5) is 22.6. The molecule has 1 heterocycles. The second-order valence-electron chi connectivity index (χ2n) is 4.54. The zero-order chi connectivity index (χ0) is 13.8. The Kier molecular flexibility index (Phi) is 4.11. The first kappa shape index (κ1) is 13.5. The van der Waals surface area contributed by atoms with E-state index in [0.29, 0.717) is 12.1 Å². The van der Waals surface area contributed by atoms with Gasteiger partial charge in [0.15, 0.2) is 0 Å². The van der Waals surface area contributed by atoms with E-state index in [1.54, 1.807) is 0 Å². The molecule has 1 aliphatic rings. The van der Waals surface area contributed by atoms with Gasteiger partial charge in [0, 0.05) is 24.2 Å². The van der Waals surface area contributed by atoms with Crippen LogP contribution in [0.25, 0.3) is 0 Å². The average Bonchev–Trinajstić information content (AvgIpc) is 2.39. The van der Waals surface area contributed by atoms with Gasteiger partial charge in [-0.05, 0) is 31.0 Å². The molecule has 1 aromatic rings. The fourth-order valence-electron chi connectivity index (χ4n) is 2.06. The molecule has 1 saturated heterocycles. The van der Waals surface area contributed by atoms with Crippen LogP contribution < -0.4 is 16.4 Å². The van der Waals surface area contributed by atoms with E-state index in [-0.39, 0.29) is 24.1 Å². The Morgan fingerprint density at radius 3 is 3.00 bits per heavy atom. The zero-order valence-corrected chi connectivity index (χ0v) is 10.4. The van der Waals surface area contributed by atoms with E-state index in [4.69, 9.17) is 5.73 Å². The molecule has 2 rings (SSSR count). The molecule has 0 aromatic heterocycles. The van der Waals surface area contributed by atoms with Crippen LogP contribution in [0.2, 0.25) is 0 Å². The SMILES string of the molecule is NC(=O)c1ccc(F)c(CNC2CCCNC2=O)c1. The van der Waals surface area contributed by atoms with Crippen LogP contribution in [0.3, 0.4) is 0 Å². The van der Waals surface area contributed by atoms with Gasteiger partial charge in [0.1, 0.15) is 5.82 Å². The van der Waals surface area contributed by atoms with Gasteiger partial charge in [-0.1, -0.05) is 0 Å². The van der Waals surface area contributed by atoms with Crippen molar-refractivity contribution in [3.8, 4) is 0 Å². The third-order valence-electron chi connectivity index (χ3n) is 3.15. The van der Waals surface area contributed by atoms with E-state index in [1.165, 1.54) is 18.2 Å². The van der Waals surface area contributed by atoms with Crippen LogP contribution in [0.5, 0.6) is 0 Å². The maximum atomic E-state index is 13.6. The minimum atomic E-state index is -0.600. The Bertz CT molecular complexity index is 505. The van der Waals surface area contributed by atoms with Crippen molar-refractivity contribution < 1.29 is 14.0 Å². The molecule has 1 atom stereocenters. The normalized spacial score (nSPS) is 19.0. The summed E-state index contributed by atoms with van der Waals surface area (Å²) in [5, 5.41) is 5.73. The Morgan fingerprint density at radius 1 is 1.53 bits per heavy atom. The smallest absolute Gasteiger partial charge is 0.248 e. The molecule has 6 heteroatoms. The lowest BCUT2D eigenvalue weighted by Crippen LogP contribution is -2.48. The Labute approximate surface area is 110 Å². The number of piperidine rings is 1. The lowest BCUT2D eigenvalue weighted by molar-refractivity contribution is -0.124. The summed E-state index contributed by atoms with van der Waals surface area (Å²) in [6.07, 6.45) is 1.62. The highest BCUT2D eigenvalue weighted by Gasteiger charge is 2.21. The number of benzene rings is 1. The molecule has 1 unspecified atom stereocenters. The first-order valence-corrected chi connectivity index (χ1v) is 6.17. The van der Waals surface area contributed by atoms with E-state index in [9.17, 15) is 14.0 Å². The Hall–Kier alpha value is -1.95.